The third kappa shape index (κ3) is 6.65. The summed E-state index contributed by atoms with van der Waals surface area (Å²) in [6, 6.07) is 19.6. The molecule has 0 heterocycles. The van der Waals surface area contributed by atoms with E-state index < -0.39 is 23.1 Å². The average Bonchev–Trinajstić information content (AvgIpc) is 2.78. The molecule has 0 aliphatic rings. The zero-order valence-corrected chi connectivity index (χ0v) is 20.0. The second-order valence-electron chi connectivity index (χ2n) is 8.73. The summed E-state index contributed by atoms with van der Waals surface area (Å²) in [4.78, 5) is 13.1. The highest BCUT2D eigenvalue weighted by molar-refractivity contribution is 6.30. The predicted octanol–water partition coefficient (Wildman–Crippen LogP) is 7.86. The Bertz CT molecular complexity index is 1320. The number of nitriles is 1. The fourth-order valence-electron chi connectivity index (χ4n) is 3.29. The van der Waals surface area contributed by atoms with Crippen LogP contribution in [-0.4, -0.2) is 5.91 Å². The molecule has 0 atom stereocenters. The molecule has 0 unspecified atom stereocenters. The molecule has 0 radical (unpaired) electrons. The number of hydrogen-bond acceptors (Lipinski definition) is 3. The smallest absolute Gasteiger partial charge is 0.416 e. The number of carbonyl (C=O) groups is 1. The highest BCUT2D eigenvalue weighted by Crippen LogP contribution is 2.35. The van der Waals surface area contributed by atoms with Crippen LogP contribution < -0.4 is 10.1 Å². The summed E-state index contributed by atoms with van der Waals surface area (Å²) >= 11 is 5.98. The largest absolute Gasteiger partial charge is 0.457 e. The van der Waals surface area contributed by atoms with E-state index in [1.807, 2.05) is 6.07 Å². The van der Waals surface area contributed by atoms with Crippen molar-refractivity contribution in [1.29, 1.82) is 5.26 Å². The second kappa shape index (κ2) is 10.2. The highest BCUT2D eigenvalue weighted by atomic mass is 35.5. The molecule has 0 aromatic heterocycles. The molecule has 0 bridgehead atoms. The van der Waals surface area contributed by atoms with E-state index in [1.165, 1.54) is 18.2 Å². The number of halogens is 4. The van der Waals surface area contributed by atoms with E-state index in [1.54, 1.807) is 63.2 Å². The Kier molecular flexibility index (Phi) is 7.57. The first-order valence-electron chi connectivity index (χ1n) is 10.6. The summed E-state index contributed by atoms with van der Waals surface area (Å²) < 4.78 is 45.5. The first-order valence-corrected chi connectivity index (χ1v) is 10.9. The van der Waals surface area contributed by atoms with E-state index in [9.17, 15) is 23.2 Å². The molecule has 1 amide bonds. The summed E-state index contributed by atoms with van der Waals surface area (Å²) in [6.45, 7) is 5.27. The molecule has 8 heteroatoms. The first-order chi connectivity index (χ1) is 16.4. The maximum Gasteiger partial charge on any atom is 0.416 e. The van der Waals surface area contributed by atoms with E-state index in [-0.39, 0.29) is 22.4 Å². The molecule has 0 spiro atoms. The molecule has 0 aliphatic carbocycles. The number of hydrogen-bond donors (Lipinski definition) is 1. The number of carbonyl (C=O) groups excluding carboxylic acids is 1. The van der Waals surface area contributed by atoms with Crippen molar-refractivity contribution in [1.82, 2.24) is 5.32 Å². The maximum atomic E-state index is 13.2. The summed E-state index contributed by atoms with van der Waals surface area (Å²) in [5.74, 6) is 0.340. The van der Waals surface area contributed by atoms with Crippen LogP contribution in [-0.2, 0) is 6.18 Å². The zero-order chi connectivity index (χ0) is 25.8. The van der Waals surface area contributed by atoms with Crippen LogP contribution in [0.1, 0.15) is 42.3 Å². The first kappa shape index (κ1) is 25.9. The van der Waals surface area contributed by atoms with Crippen molar-refractivity contribution >= 4 is 23.1 Å². The van der Waals surface area contributed by atoms with Crippen LogP contribution in [0.5, 0.6) is 11.5 Å². The minimum Gasteiger partial charge on any atom is -0.457 e. The van der Waals surface area contributed by atoms with Crippen LogP contribution in [0.15, 0.2) is 78.5 Å². The third-order valence-corrected chi connectivity index (χ3v) is 5.19. The SMILES string of the molecule is CC(C)(C)C(NC(=O)c1cccc(Oc2cccc(Cl)c2)c1)=C(C#N)c1cccc(C(F)(F)F)c1. The van der Waals surface area contributed by atoms with Crippen LogP contribution in [0.25, 0.3) is 5.57 Å². The Morgan fingerprint density at radius 2 is 1.51 bits per heavy atom. The molecule has 0 aliphatic heterocycles. The van der Waals surface area contributed by atoms with Gasteiger partial charge in [-0.25, -0.2) is 0 Å². The van der Waals surface area contributed by atoms with E-state index in [0.29, 0.717) is 16.5 Å². The van der Waals surface area contributed by atoms with Crippen molar-refractivity contribution in [3.8, 4) is 17.6 Å². The van der Waals surface area contributed by atoms with E-state index in [0.717, 1.165) is 12.1 Å². The third-order valence-electron chi connectivity index (χ3n) is 4.96. The van der Waals surface area contributed by atoms with Gasteiger partial charge >= 0.3 is 6.18 Å². The van der Waals surface area contributed by atoms with E-state index in [4.69, 9.17) is 16.3 Å². The van der Waals surface area contributed by atoms with E-state index >= 15 is 0 Å². The topological polar surface area (TPSA) is 62.1 Å². The average molecular weight is 499 g/mol. The predicted molar refractivity (Wildman–Crippen MR) is 129 cm³/mol. The van der Waals surface area contributed by atoms with Crippen molar-refractivity contribution in [3.05, 3.63) is 100 Å². The molecule has 0 saturated carbocycles. The van der Waals surface area contributed by atoms with Crippen molar-refractivity contribution < 1.29 is 22.7 Å². The molecule has 3 aromatic rings. The number of amides is 1. The van der Waals surface area contributed by atoms with Crippen LogP contribution in [0.2, 0.25) is 5.02 Å². The van der Waals surface area contributed by atoms with Crippen LogP contribution in [0.3, 0.4) is 0 Å². The lowest BCUT2D eigenvalue weighted by atomic mass is 9.86. The number of rotatable bonds is 5. The minimum atomic E-state index is -4.56. The standard InChI is InChI=1S/C27H22ClF3N2O2/c1-26(2,3)24(23(16-32)17-7-4-9-19(13-17)27(29,30)31)33-25(34)18-8-5-11-21(14-18)35-22-12-6-10-20(28)15-22/h4-15H,1-3H3,(H,33,34). The van der Waals surface area contributed by atoms with Gasteiger partial charge in [-0.2, -0.15) is 18.4 Å². The quantitative estimate of drug-likeness (QED) is 0.364. The van der Waals surface area contributed by atoms with Crippen LogP contribution in [0, 0.1) is 16.7 Å². The molecular formula is C27H22ClF3N2O2. The molecule has 180 valence electrons. The van der Waals surface area contributed by atoms with Gasteiger partial charge in [-0.1, -0.05) is 56.6 Å². The fourth-order valence-corrected chi connectivity index (χ4v) is 3.47. The van der Waals surface area contributed by atoms with Gasteiger partial charge in [-0.05, 0) is 54.1 Å². The number of benzene rings is 3. The Hall–Kier alpha value is -3.76. The van der Waals surface area contributed by atoms with Gasteiger partial charge in [0.1, 0.15) is 17.6 Å². The Balaban J connectivity index is 1.97. The van der Waals surface area contributed by atoms with Crippen LogP contribution in [0.4, 0.5) is 13.2 Å². The molecule has 35 heavy (non-hydrogen) atoms. The highest BCUT2D eigenvalue weighted by Gasteiger charge is 2.31. The lowest BCUT2D eigenvalue weighted by Gasteiger charge is -2.26. The van der Waals surface area contributed by atoms with Crippen LogP contribution >= 0.6 is 11.6 Å². The zero-order valence-electron chi connectivity index (χ0n) is 19.2. The summed E-state index contributed by atoms with van der Waals surface area (Å²) in [6.07, 6.45) is -4.56. The lowest BCUT2D eigenvalue weighted by Crippen LogP contribution is -2.31. The Morgan fingerprint density at radius 1 is 0.914 bits per heavy atom. The minimum absolute atomic E-state index is 0.0525. The number of nitrogens with zero attached hydrogens (tertiary/aromatic N) is 1. The fraction of sp³-hybridized carbons (Fsp3) is 0.185. The molecular weight excluding hydrogens is 477 g/mol. The van der Waals surface area contributed by atoms with Gasteiger partial charge in [0, 0.05) is 21.7 Å². The van der Waals surface area contributed by atoms with Gasteiger partial charge in [0.05, 0.1) is 11.1 Å². The molecule has 3 aromatic carbocycles. The number of alkyl halides is 3. The van der Waals surface area contributed by atoms with Gasteiger partial charge < -0.3 is 10.1 Å². The second-order valence-corrected chi connectivity index (χ2v) is 9.17. The Morgan fingerprint density at radius 3 is 2.11 bits per heavy atom. The van der Waals surface area contributed by atoms with Gasteiger partial charge in [0.25, 0.3) is 5.91 Å². The monoisotopic (exact) mass is 498 g/mol. The van der Waals surface area contributed by atoms with Gasteiger partial charge in [0.15, 0.2) is 0 Å². The summed E-state index contributed by atoms with van der Waals surface area (Å²) in [5.41, 5.74) is -1.19. The number of ether oxygens (including phenoxy) is 1. The normalized spacial score (nSPS) is 12.4. The van der Waals surface area contributed by atoms with Crippen molar-refractivity contribution in [3.63, 3.8) is 0 Å². The lowest BCUT2D eigenvalue weighted by molar-refractivity contribution is -0.137. The molecule has 4 nitrogen and oxygen atoms in total. The van der Waals surface area contributed by atoms with Crippen molar-refractivity contribution in [2.24, 2.45) is 5.41 Å². The van der Waals surface area contributed by atoms with Gasteiger partial charge in [0.2, 0.25) is 0 Å². The molecule has 3 rings (SSSR count). The van der Waals surface area contributed by atoms with Crippen molar-refractivity contribution in [2.45, 2.75) is 26.9 Å². The maximum absolute atomic E-state index is 13.2. The van der Waals surface area contributed by atoms with Gasteiger partial charge in [-0.3, -0.25) is 4.79 Å². The molecule has 0 saturated heterocycles. The van der Waals surface area contributed by atoms with Crippen molar-refractivity contribution in [2.75, 3.05) is 0 Å². The molecule has 1 N–H and O–H groups in total. The number of nitrogens with one attached hydrogen (secondary N) is 1. The summed E-state index contributed by atoms with van der Waals surface area (Å²) in [7, 11) is 0. The molecule has 0 fully saturated rings. The number of allylic oxidation sites excluding steroid dienone is 2. The van der Waals surface area contributed by atoms with Gasteiger partial charge in [-0.15, -0.1) is 0 Å². The Labute approximate surface area is 206 Å². The van der Waals surface area contributed by atoms with E-state index in [2.05, 4.69) is 5.32 Å². The summed E-state index contributed by atoms with van der Waals surface area (Å²) in [5, 5.41) is 13.1.